The third-order valence-electron chi connectivity index (χ3n) is 3.55. The number of aliphatic hydroxyl groups is 1. The van der Waals surface area contributed by atoms with Crippen LogP contribution in [0.15, 0.2) is 5.38 Å². The standard InChI is InChI=1S/C12H19ClN2OS/c1-8(12-14-11(5-13)7-17-12)15-4-3-10(6-15)9(2)16/h7-10,16H,3-6H2,1-2H3. The Kier molecular flexibility index (Phi) is 4.42. The topological polar surface area (TPSA) is 36.4 Å². The average molecular weight is 275 g/mol. The van der Waals surface area contributed by atoms with Gasteiger partial charge in [0.2, 0.25) is 0 Å². The number of rotatable bonds is 4. The molecule has 1 fully saturated rings. The SMILES string of the molecule is CC(O)C1CCN(C(C)c2nc(CCl)cs2)C1. The molecule has 1 aromatic rings. The van der Waals surface area contributed by atoms with Crippen LogP contribution in [0, 0.1) is 5.92 Å². The zero-order valence-electron chi connectivity index (χ0n) is 10.3. The molecule has 1 aromatic heterocycles. The van der Waals surface area contributed by atoms with Gasteiger partial charge < -0.3 is 5.11 Å². The van der Waals surface area contributed by atoms with Crippen molar-refractivity contribution < 1.29 is 5.11 Å². The Labute approximate surface area is 111 Å². The van der Waals surface area contributed by atoms with E-state index in [2.05, 4.69) is 16.8 Å². The van der Waals surface area contributed by atoms with E-state index in [0.29, 0.717) is 17.8 Å². The quantitative estimate of drug-likeness (QED) is 0.858. The zero-order chi connectivity index (χ0) is 12.4. The molecule has 0 bridgehead atoms. The highest BCUT2D eigenvalue weighted by atomic mass is 35.5. The minimum Gasteiger partial charge on any atom is -0.393 e. The van der Waals surface area contributed by atoms with Gasteiger partial charge in [0.05, 0.1) is 23.7 Å². The fraction of sp³-hybridized carbons (Fsp3) is 0.750. The number of nitrogens with zero attached hydrogens (tertiary/aromatic N) is 2. The van der Waals surface area contributed by atoms with Gasteiger partial charge in [-0.3, -0.25) is 4.90 Å². The highest BCUT2D eigenvalue weighted by molar-refractivity contribution is 7.09. The molecule has 17 heavy (non-hydrogen) atoms. The fourth-order valence-corrected chi connectivity index (χ4v) is 3.43. The summed E-state index contributed by atoms with van der Waals surface area (Å²) >= 11 is 7.45. The first-order valence-electron chi connectivity index (χ1n) is 6.04. The van der Waals surface area contributed by atoms with Gasteiger partial charge in [-0.2, -0.15) is 0 Å². The van der Waals surface area contributed by atoms with E-state index in [1.807, 2.05) is 12.3 Å². The lowest BCUT2D eigenvalue weighted by molar-refractivity contribution is 0.123. The summed E-state index contributed by atoms with van der Waals surface area (Å²) in [5, 5.41) is 12.8. The van der Waals surface area contributed by atoms with E-state index in [1.54, 1.807) is 11.3 Å². The van der Waals surface area contributed by atoms with E-state index < -0.39 is 0 Å². The molecule has 1 saturated heterocycles. The molecule has 0 spiro atoms. The van der Waals surface area contributed by atoms with Crippen molar-refractivity contribution in [3.05, 3.63) is 16.1 Å². The predicted molar refractivity (Wildman–Crippen MR) is 71.4 cm³/mol. The van der Waals surface area contributed by atoms with Crippen molar-refractivity contribution in [2.45, 2.75) is 38.3 Å². The maximum atomic E-state index is 9.61. The molecule has 0 aliphatic carbocycles. The minimum absolute atomic E-state index is 0.207. The highest BCUT2D eigenvalue weighted by Crippen LogP contribution is 2.30. The van der Waals surface area contributed by atoms with Crippen LogP contribution in [0.25, 0.3) is 0 Å². The smallest absolute Gasteiger partial charge is 0.110 e. The number of hydrogen-bond acceptors (Lipinski definition) is 4. The van der Waals surface area contributed by atoms with E-state index in [0.717, 1.165) is 30.2 Å². The van der Waals surface area contributed by atoms with Crippen molar-refractivity contribution in [1.29, 1.82) is 0 Å². The van der Waals surface area contributed by atoms with Crippen LogP contribution in [0.4, 0.5) is 0 Å². The molecule has 2 heterocycles. The molecule has 2 rings (SSSR count). The molecule has 0 aromatic carbocycles. The molecule has 5 heteroatoms. The van der Waals surface area contributed by atoms with Gasteiger partial charge in [-0.25, -0.2) is 4.98 Å². The van der Waals surface area contributed by atoms with Crippen molar-refractivity contribution in [1.82, 2.24) is 9.88 Å². The number of aliphatic hydroxyl groups excluding tert-OH is 1. The van der Waals surface area contributed by atoms with Crippen molar-refractivity contribution in [3.63, 3.8) is 0 Å². The first-order chi connectivity index (χ1) is 8.11. The molecule has 0 amide bonds. The Morgan fingerprint density at radius 1 is 1.65 bits per heavy atom. The van der Waals surface area contributed by atoms with E-state index in [9.17, 15) is 5.11 Å². The molecule has 1 N–H and O–H groups in total. The highest BCUT2D eigenvalue weighted by Gasteiger charge is 2.30. The fourth-order valence-electron chi connectivity index (χ4n) is 2.29. The van der Waals surface area contributed by atoms with Gasteiger partial charge in [0, 0.05) is 11.9 Å². The summed E-state index contributed by atoms with van der Waals surface area (Å²) in [5.41, 5.74) is 0.963. The summed E-state index contributed by atoms with van der Waals surface area (Å²) in [6, 6.07) is 0.334. The molecule has 3 nitrogen and oxygen atoms in total. The van der Waals surface area contributed by atoms with Crippen molar-refractivity contribution in [3.8, 4) is 0 Å². The van der Waals surface area contributed by atoms with Crippen LogP contribution < -0.4 is 0 Å². The van der Waals surface area contributed by atoms with Gasteiger partial charge in [-0.1, -0.05) is 0 Å². The van der Waals surface area contributed by atoms with Gasteiger partial charge >= 0.3 is 0 Å². The monoisotopic (exact) mass is 274 g/mol. The van der Waals surface area contributed by atoms with Crippen LogP contribution in [-0.2, 0) is 5.88 Å². The first-order valence-corrected chi connectivity index (χ1v) is 7.45. The second-order valence-corrected chi connectivity index (χ2v) is 5.93. The average Bonchev–Trinajstić information content (AvgIpc) is 2.97. The lowest BCUT2D eigenvalue weighted by Crippen LogP contribution is -2.27. The van der Waals surface area contributed by atoms with Crippen LogP contribution >= 0.6 is 22.9 Å². The number of thiazole rings is 1. The molecule has 0 saturated carbocycles. The van der Waals surface area contributed by atoms with Crippen LogP contribution in [0.2, 0.25) is 0 Å². The number of hydrogen-bond donors (Lipinski definition) is 1. The van der Waals surface area contributed by atoms with Crippen molar-refractivity contribution >= 4 is 22.9 Å². The Morgan fingerprint density at radius 3 is 2.94 bits per heavy atom. The summed E-state index contributed by atoms with van der Waals surface area (Å²) in [4.78, 5) is 6.92. The number of halogens is 1. The first kappa shape index (κ1) is 13.3. The third-order valence-corrected chi connectivity index (χ3v) is 4.89. The molecular formula is C12H19ClN2OS. The maximum Gasteiger partial charge on any atom is 0.110 e. The van der Waals surface area contributed by atoms with Gasteiger partial charge in [0.25, 0.3) is 0 Å². The lowest BCUT2D eigenvalue weighted by Gasteiger charge is -2.23. The van der Waals surface area contributed by atoms with Crippen LogP contribution in [0.5, 0.6) is 0 Å². The summed E-state index contributed by atoms with van der Waals surface area (Å²) < 4.78 is 0. The van der Waals surface area contributed by atoms with E-state index in [1.165, 1.54) is 0 Å². The molecule has 1 aliphatic heterocycles. The summed E-state index contributed by atoms with van der Waals surface area (Å²) in [7, 11) is 0. The molecule has 1 aliphatic rings. The van der Waals surface area contributed by atoms with Gasteiger partial charge in [-0.05, 0) is 32.7 Å². The van der Waals surface area contributed by atoms with Crippen LogP contribution in [0.1, 0.15) is 37.0 Å². The van der Waals surface area contributed by atoms with Crippen molar-refractivity contribution in [2.75, 3.05) is 13.1 Å². The van der Waals surface area contributed by atoms with E-state index >= 15 is 0 Å². The summed E-state index contributed by atoms with van der Waals surface area (Å²) in [6.07, 6.45) is 0.873. The van der Waals surface area contributed by atoms with Crippen LogP contribution in [0.3, 0.4) is 0 Å². The van der Waals surface area contributed by atoms with Gasteiger partial charge in [0.1, 0.15) is 5.01 Å². The Balaban J connectivity index is 1.99. The maximum absolute atomic E-state index is 9.61. The lowest BCUT2D eigenvalue weighted by atomic mass is 10.0. The molecular weight excluding hydrogens is 256 g/mol. The largest absolute Gasteiger partial charge is 0.393 e. The van der Waals surface area contributed by atoms with Crippen molar-refractivity contribution in [2.24, 2.45) is 5.92 Å². The number of alkyl halides is 1. The summed E-state index contributed by atoms with van der Waals surface area (Å²) in [5.74, 6) is 0.893. The second-order valence-electron chi connectivity index (χ2n) is 4.77. The Bertz CT molecular complexity index is 369. The summed E-state index contributed by atoms with van der Waals surface area (Å²) in [6.45, 7) is 6.08. The normalized spacial score (nSPS) is 25.1. The molecule has 3 unspecified atom stereocenters. The second kappa shape index (κ2) is 5.65. The van der Waals surface area contributed by atoms with Gasteiger partial charge in [-0.15, -0.1) is 22.9 Å². The van der Waals surface area contributed by atoms with E-state index in [-0.39, 0.29) is 6.10 Å². The zero-order valence-corrected chi connectivity index (χ0v) is 11.8. The number of likely N-dealkylation sites (tertiary alicyclic amines) is 1. The number of aromatic nitrogens is 1. The van der Waals surface area contributed by atoms with E-state index in [4.69, 9.17) is 11.6 Å². The Hall–Kier alpha value is -0.160. The molecule has 0 radical (unpaired) electrons. The third kappa shape index (κ3) is 2.99. The van der Waals surface area contributed by atoms with Gasteiger partial charge in [0.15, 0.2) is 0 Å². The predicted octanol–water partition coefficient (Wildman–Crippen LogP) is 2.65. The molecule has 3 atom stereocenters. The van der Waals surface area contributed by atoms with Crippen LogP contribution in [-0.4, -0.2) is 34.2 Å². The molecule has 96 valence electrons. The minimum atomic E-state index is -0.207. The Morgan fingerprint density at radius 2 is 2.41 bits per heavy atom.